The lowest BCUT2D eigenvalue weighted by atomic mass is 10.0. The largest absolute Gasteiger partial charge is 0.508 e. The third-order valence-electron chi connectivity index (χ3n) is 4.27. The summed E-state index contributed by atoms with van der Waals surface area (Å²) in [5, 5.41) is 34.2. The molecule has 0 atom stereocenters. The summed E-state index contributed by atoms with van der Waals surface area (Å²) in [5.41, 5.74) is 1.36. The van der Waals surface area contributed by atoms with Gasteiger partial charge in [-0.3, -0.25) is 9.79 Å². The molecule has 0 aliphatic carbocycles. The van der Waals surface area contributed by atoms with Crippen LogP contribution in [0.3, 0.4) is 0 Å². The number of hydrogen-bond acceptors (Lipinski definition) is 5. The predicted molar refractivity (Wildman–Crippen MR) is 115 cm³/mol. The minimum atomic E-state index is -0.475. The van der Waals surface area contributed by atoms with Crippen LogP contribution in [0.25, 0.3) is 0 Å². The molecule has 0 radical (unpaired) electrons. The number of benzene rings is 1. The van der Waals surface area contributed by atoms with Crippen LogP contribution in [-0.2, 0) is 4.79 Å². The smallest absolute Gasteiger partial charge is 0.258 e. The maximum atomic E-state index is 12.8. The van der Waals surface area contributed by atoms with Gasteiger partial charge in [0, 0.05) is 19.3 Å². The minimum Gasteiger partial charge on any atom is -0.508 e. The normalized spacial score (nSPS) is 12.4. The standard InChI is InChI=1S/C21H32N4O3/c1-5-7-9-16(22)19(27)18(21(28)24-12-8-6-2)20(23-4)25-17-11-10-15(26)13-14(17)3/h10-11,13,22,26-27H,5-9,12H2,1-4H3,(H,23,25)(H,24,28)/b19-18+,22-16?. The summed E-state index contributed by atoms with van der Waals surface area (Å²) in [5.74, 6) is -0.541. The number of nitrogens with one attached hydrogen (secondary N) is 3. The highest BCUT2D eigenvalue weighted by Gasteiger charge is 2.24. The third kappa shape index (κ3) is 6.72. The van der Waals surface area contributed by atoms with E-state index in [0.29, 0.717) is 18.7 Å². The zero-order chi connectivity index (χ0) is 21.1. The quantitative estimate of drug-likeness (QED) is 0.104. The van der Waals surface area contributed by atoms with Crippen molar-refractivity contribution in [2.75, 3.05) is 18.9 Å². The van der Waals surface area contributed by atoms with Crippen LogP contribution in [0.4, 0.5) is 5.69 Å². The molecule has 1 amide bonds. The van der Waals surface area contributed by atoms with E-state index in [9.17, 15) is 15.0 Å². The van der Waals surface area contributed by atoms with Gasteiger partial charge in [0.15, 0.2) is 5.76 Å². The highest BCUT2D eigenvalue weighted by atomic mass is 16.3. The molecule has 0 saturated carbocycles. The second-order valence-corrected chi connectivity index (χ2v) is 6.61. The van der Waals surface area contributed by atoms with Crippen LogP contribution in [0.5, 0.6) is 5.75 Å². The van der Waals surface area contributed by atoms with Gasteiger partial charge in [0.25, 0.3) is 5.91 Å². The number of rotatable bonds is 10. The number of aryl methyl sites for hydroxylation is 1. The Morgan fingerprint density at radius 1 is 1.21 bits per heavy atom. The number of phenolic OH excluding ortho intramolecular Hbond substituents is 1. The molecular formula is C21H32N4O3. The Bertz CT molecular complexity index is 754. The van der Waals surface area contributed by atoms with Gasteiger partial charge >= 0.3 is 0 Å². The second kappa shape index (κ2) is 11.8. The van der Waals surface area contributed by atoms with E-state index < -0.39 is 5.91 Å². The second-order valence-electron chi connectivity index (χ2n) is 6.61. The number of amidine groups is 1. The molecule has 0 spiro atoms. The SMILES string of the molecule is CCCCNC(=O)/C(C(=NC)Nc1ccc(O)cc1C)=C(/O)C(=N)CCCC. The summed E-state index contributed by atoms with van der Waals surface area (Å²) in [6.07, 6.45) is 3.75. The Morgan fingerprint density at radius 3 is 2.46 bits per heavy atom. The van der Waals surface area contributed by atoms with Crippen molar-refractivity contribution in [3.63, 3.8) is 0 Å². The lowest BCUT2D eigenvalue weighted by molar-refractivity contribution is -0.117. The van der Waals surface area contributed by atoms with Crippen molar-refractivity contribution in [1.82, 2.24) is 5.32 Å². The van der Waals surface area contributed by atoms with Crippen molar-refractivity contribution in [3.05, 3.63) is 35.1 Å². The van der Waals surface area contributed by atoms with E-state index in [0.717, 1.165) is 31.2 Å². The van der Waals surface area contributed by atoms with Crippen molar-refractivity contribution in [3.8, 4) is 5.75 Å². The highest BCUT2D eigenvalue weighted by molar-refractivity contribution is 6.28. The number of aliphatic imine (C=N–C) groups is 1. The number of aromatic hydroxyl groups is 1. The fourth-order valence-electron chi connectivity index (χ4n) is 2.56. The number of aliphatic hydroxyl groups is 1. The molecule has 0 unspecified atom stereocenters. The van der Waals surface area contributed by atoms with Gasteiger partial charge in [0.2, 0.25) is 0 Å². The van der Waals surface area contributed by atoms with E-state index in [-0.39, 0.29) is 28.6 Å². The minimum absolute atomic E-state index is 0.00729. The number of anilines is 1. The van der Waals surface area contributed by atoms with Crippen LogP contribution in [-0.4, -0.2) is 41.3 Å². The summed E-state index contributed by atoms with van der Waals surface area (Å²) < 4.78 is 0. The maximum Gasteiger partial charge on any atom is 0.258 e. The molecule has 0 fully saturated rings. The van der Waals surface area contributed by atoms with E-state index >= 15 is 0 Å². The van der Waals surface area contributed by atoms with Crippen LogP contribution >= 0.6 is 0 Å². The number of hydrogen-bond donors (Lipinski definition) is 5. The van der Waals surface area contributed by atoms with Gasteiger partial charge in [-0.2, -0.15) is 0 Å². The van der Waals surface area contributed by atoms with E-state index in [1.54, 1.807) is 12.1 Å². The fraction of sp³-hybridized carbons (Fsp3) is 0.476. The molecule has 28 heavy (non-hydrogen) atoms. The first kappa shape index (κ1) is 23.2. The number of carbonyl (C=O) groups is 1. The average molecular weight is 389 g/mol. The van der Waals surface area contributed by atoms with Crippen molar-refractivity contribution >= 4 is 23.1 Å². The number of aliphatic hydroxyl groups excluding tert-OH is 1. The lowest BCUT2D eigenvalue weighted by Crippen LogP contribution is -2.34. The first-order valence-corrected chi connectivity index (χ1v) is 9.68. The Kier molecular flexibility index (Phi) is 9.78. The maximum absolute atomic E-state index is 12.8. The Morgan fingerprint density at radius 2 is 1.89 bits per heavy atom. The number of amides is 1. The summed E-state index contributed by atoms with van der Waals surface area (Å²) in [4.78, 5) is 16.9. The Labute approximate surface area is 167 Å². The summed E-state index contributed by atoms with van der Waals surface area (Å²) in [6, 6.07) is 4.78. The Balaban J connectivity index is 3.25. The lowest BCUT2D eigenvalue weighted by Gasteiger charge is -2.17. The van der Waals surface area contributed by atoms with Crippen molar-refractivity contribution in [2.24, 2.45) is 4.99 Å². The van der Waals surface area contributed by atoms with E-state index in [2.05, 4.69) is 15.6 Å². The van der Waals surface area contributed by atoms with Crippen molar-refractivity contribution in [2.45, 2.75) is 52.9 Å². The number of nitrogens with zero attached hydrogens (tertiary/aromatic N) is 1. The van der Waals surface area contributed by atoms with Crippen LogP contribution in [0.2, 0.25) is 0 Å². The van der Waals surface area contributed by atoms with E-state index in [4.69, 9.17) is 5.41 Å². The van der Waals surface area contributed by atoms with Crippen LogP contribution < -0.4 is 10.6 Å². The molecule has 0 aliphatic heterocycles. The van der Waals surface area contributed by atoms with Crippen LogP contribution in [0.1, 0.15) is 51.5 Å². The molecule has 0 heterocycles. The Hall–Kier alpha value is -2.83. The molecule has 1 rings (SSSR count). The van der Waals surface area contributed by atoms with Gasteiger partial charge in [-0.25, -0.2) is 0 Å². The van der Waals surface area contributed by atoms with Gasteiger partial charge in [-0.1, -0.05) is 26.7 Å². The van der Waals surface area contributed by atoms with Gasteiger partial charge in [0.1, 0.15) is 17.2 Å². The third-order valence-corrected chi connectivity index (χ3v) is 4.27. The van der Waals surface area contributed by atoms with Crippen LogP contribution in [0.15, 0.2) is 34.5 Å². The molecule has 154 valence electrons. The molecule has 1 aromatic rings. The van der Waals surface area contributed by atoms with Crippen molar-refractivity contribution < 1.29 is 15.0 Å². The number of allylic oxidation sites excluding steroid dienone is 1. The first-order valence-electron chi connectivity index (χ1n) is 9.68. The van der Waals surface area contributed by atoms with Gasteiger partial charge in [-0.15, -0.1) is 0 Å². The summed E-state index contributed by atoms with van der Waals surface area (Å²) in [6.45, 7) is 6.31. The highest BCUT2D eigenvalue weighted by Crippen LogP contribution is 2.22. The van der Waals surface area contributed by atoms with Gasteiger partial charge < -0.3 is 26.3 Å². The van der Waals surface area contributed by atoms with Gasteiger partial charge in [0.05, 0.1) is 5.71 Å². The first-order chi connectivity index (χ1) is 13.3. The molecular weight excluding hydrogens is 356 g/mol. The van der Waals surface area contributed by atoms with Gasteiger partial charge in [-0.05, 0) is 49.9 Å². The molecule has 0 bridgehead atoms. The molecule has 0 aromatic heterocycles. The molecule has 0 saturated heterocycles. The molecule has 7 heteroatoms. The predicted octanol–water partition coefficient (Wildman–Crippen LogP) is 4.08. The molecule has 5 N–H and O–H groups in total. The fourth-order valence-corrected chi connectivity index (χ4v) is 2.56. The topological polar surface area (TPSA) is 118 Å². The zero-order valence-corrected chi connectivity index (χ0v) is 17.2. The zero-order valence-electron chi connectivity index (χ0n) is 17.2. The molecule has 0 aliphatic rings. The molecule has 1 aromatic carbocycles. The van der Waals surface area contributed by atoms with Crippen LogP contribution in [0, 0.1) is 12.3 Å². The summed E-state index contributed by atoms with van der Waals surface area (Å²) >= 11 is 0. The van der Waals surface area contributed by atoms with E-state index in [1.165, 1.54) is 13.1 Å². The average Bonchev–Trinajstić information content (AvgIpc) is 2.67. The summed E-state index contributed by atoms with van der Waals surface area (Å²) in [7, 11) is 1.51. The van der Waals surface area contributed by atoms with Crippen molar-refractivity contribution in [1.29, 1.82) is 5.41 Å². The molecule has 7 nitrogen and oxygen atoms in total. The number of unbranched alkanes of at least 4 members (excludes halogenated alkanes) is 2. The van der Waals surface area contributed by atoms with E-state index in [1.807, 2.05) is 20.8 Å². The number of phenols is 1. The monoisotopic (exact) mass is 388 g/mol. The number of carbonyl (C=O) groups excluding carboxylic acids is 1.